The third-order valence-corrected chi connectivity index (χ3v) is 2.88. The van der Waals surface area contributed by atoms with Crippen LogP contribution in [0.25, 0.3) is 0 Å². The molecule has 8 heteroatoms. The molecule has 1 aliphatic rings. The minimum atomic E-state index is -0.582. The topological polar surface area (TPSA) is 113 Å². The van der Waals surface area contributed by atoms with Crippen LogP contribution in [0.2, 0.25) is 0 Å². The number of hydrogen-bond acceptors (Lipinski definition) is 7. The Kier molecular flexibility index (Phi) is 3.79. The number of aromatic nitrogens is 2. The Morgan fingerprint density at radius 1 is 1.47 bits per heavy atom. The van der Waals surface area contributed by atoms with Crippen LogP contribution in [0.3, 0.4) is 0 Å². The van der Waals surface area contributed by atoms with E-state index in [0.717, 1.165) is 6.20 Å². The van der Waals surface area contributed by atoms with Crippen LogP contribution in [0.4, 0.5) is 11.6 Å². The lowest BCUT2D eigenvalue weighted by Crippen LogP contribution is -2.36. The molecule has 2 atom stereocenters. The molecule has 8 nitrogen and oxygen atoms in total. The first kappa shape index (κ1) is 13.5. The van der Waals surface area contributed by atoms with Crippen LogP contribution in [0.5, 0.6) is 5.88 Å². The van der Waals surface area contributed by atoms with Gasteiger partial charge in [-0.3, -0.25) is 10.1 Å². The molecule has 0 radical (unpaired) electrons. The molecule has 104 valence electrons. The summed E-state index contributed by atoms with van der Waals surface area (Å²) in [7, 11) is 0. The van der Waals surface area contributed by atoms with Crippen molar-refractivity contribution < 1.29 is 14.4 Å². The average Bonchev–Trinajstić information content (AvgIpc) is 2.26. The molecule has 2 heterocycles. The Labute approximate surface area is 110 Å². The van der Waals surface area contributed by atoms with E-state index >= 15 is 0 Å². The Balaban J connectivity index is 2.18. The highest BCUT2D eigenvalue weighted by molar-refractivity contribution is 5.41. The fourth-order valence-electron chi connectivity index (χ4n) is 2.18. The van der Waals surface area contributed by atoms with E-state index in [4.69, 9.17) is 15.2 Å². The molecule has 1 aliphatic heterocycles. The second-order valence-electron chi connectivity index (χ2n) is 4.64. The van der Waals surface area contributed by atoms with Crippen LogP contribution in [0, 0.1) is 10.1 Å². The zero-order valence-corrected chi connectivity index (χ0v) is 10.8. The SMILES string of the molecule is CC1CC(Oc2nc(N)ncc2[N+](=O)[O-])CC(C)O1. The summed E-state index contributed by atoms with van der Waals surface area (Å²) >= 11 is 0. The van der Waals surface area contributed by atoms with Gasteiger partial charge in [-0.2, -0.15) is 4.98 Å². The number of nitro groups is 1. The van der Waals surface area contributed by atoms with Gasteiger partial charge in [0.2, 0.25) is 5.95 Å². The zero-order valence-electron chi connectivity index (χ0n) is 10.8. The quantitative estimate of drug-likeness (QED) is 0.649. The molecule has 1 aromatic rings. The Bertz CT molecular complexity index is 472. The van der Waals surface area contributed by atoms with Gasteiger partial charge < -0.3 is 15.2 Å². The van der Waals surface area contributed by atoms with Crippen molar-refractivity contribution in [1.82, 2.24) is 9.97 Å². The molecular formula is C11H16N4O4. The second kappa shape index (κ2) is 5.35. The number of hydrogen-bond donors (Lipinski definition) is 1. The minimum Gasteiger partial charge on any atom is -0.469 e. The number of nitrogens with zero attached hydrogens (tertiary/aromatic N) is 3. The molecule has 19 heavy (non-hydrogen) atoms. The molecule has 0 saturated carbocycles. The number of ether oxygens (including phenoxy) is 2. The van der Waals surface area contributed by atoms with Crippen molar-refractivity contribution in [1.29, 1.82) is 0 Å². The lowest BCUT2D eigenvalue weighted by Gasteiger charge is -2.31. The van der Waals surface area contributed by atoms with Gasteiger partial charge in [0.1, 0.15) is 12.3 Å². The highest BCUT2D eigenvalue weighted by Crippen LogP contribution is 2.29. The van der Waals surface area contributed by atoms with Crippen LogP contribution in [0.1, 0.15) is 26.7 Å². The zero-order chi connectivity index (χ0) is 14.0. The lowest BCUT2D eigenvalue weighted by molar-refractivity contribution is -0.386. The van der Waals surface area contributed by atoms with E-state index in [1.165, 1.54) is 0 Å². The third-order valence-electron chi connectivity index (χ3n) is 2.88. The van der Waals surface area contributed by atoms with E-state index in [9.17, 15) is 10.1 Å². The molecular weight excluding hydrogens is 252 g/mol. The largest absolute Gasteiger partial charge is 0.469 e. The van der Waals surface area contributed by atoms with Crippen LogP contribution in [0.15, 0.2) is 6.20 Å². The summed E-state index contributed by atoms with van der Waals surface area (Å²) in [5, 5.41) is 10.9. The van der Waals surface area contributed by atoms with Gasteiger partial charge in [-0.25, -0.2) is 4.98 Å². The number of nitrogen functional groups attached to an aromatic ring is 1. The van der Waals surface area contributed by atoms with Crippen molar-refractivity contribution in [3.05, 3.63) is 16.3 Å². The van der Waals surface area contributed by atoms with Crippen LogP contribution >= 0.6 is 0 Å². The van der Waals surface area contributed by atoms with E-state index in [-0.39, 0.29) is 35.8 Å². The van der Waals surface area contributed by atoms with Crippen molar-refractivity contribution in [2.45, 2.75) is 45.0 Å². The summed E-state index contributed by atoms with van der Waals surface area (Å²) in [5.41, 5.74) is 5.16. The highest BCUT2D eigenvalue weighted by Gasteiger charge is 2.29. The van der Waals surface area contributed by atoms with E-state index < -0.39 is 4.92 Å². The van der Waals surface area contributed by atoms with E-state index in [1.807, 2.05) is 13.8 Å². The van der Waals surface area contributed by atoms with Gasteiger partial charge in [-0.05, 0) is 13.8 Å². The number of rotatable bonds is 3. The summed E-state index contributed by atoms with van der Waals surface area (Å²) in [6, 6.07) is 0. The minimum absolute atomic E-state index is 0.0474. The average molecular weight is 268 g/mol. The Hall–Kier alpha value is -1.96. The molecule has 2 unspecified atom stereocenters. The van der Waals surface area contributed by atoms with Crippen LogP contribution < -0.4 is 10.5 Å². The summed E-state index contributed by atoms with van der Waals surface area (Å²) in [6.45, 7) is 3.88. The molecule has 0 aromatic carbocycles. The van der Waals surface area contributed by atoms with E-state index in [2.05, 4.69) is 9.97 Å². The summed E-state index contributed by atoms with van der Waals surface area (Å²) in [6.07, 6.45) is 2.30. The first-order chi connectivity index (χ1) is 8.95. The smallest absolute Gasteiger partial charge is 0.349 e. The maximum atomic E-state index is 10.9. The third kappa shape index (κ3) is 3.28. The lowest BCUT2D eigenvalue weighted by atomic mass is 10.0. The van der Waals surface area contributed by atoms with Crippen LogP contribution in [-0.2, 0) is 4.74 Å². The van der Waals surface area contributed by atoms with Crippen molar-refractivity contribution >= 4 is 11.6 Å². The van der Waals surface area contributed by atoms with Gasteiger partial charge in [-0.1, -0.05) is 0 Å². The van der Waals surface area contributed by atoms with E-state index in [1.54, 1.807) is 0 Å². The van der Waals surface area contributed by atoms with Gasteiger partial charge in [-0.15, -0.1) is 0 Å². The first-order valence-electron chi connectivity index (χ1n) is 6.04. The highest BCUT2D eigenvalue weighted by atomic mass is 16.6. The maximum Gasteiger partial charge on any atom is 0.349 e. The van der Waals surface area contributed by atoms with Crippen molar-refractivity contribution in [3.8, 4) is 5.88 Å². The fraction of sp³-hybridized carbons (Fsp3) is 0.636. The van der Waals surface area contributed by atoms with Crippen LogP contribution in [-0.4, -0.2) is 33.2 Å². The molecule has 0 amide bonds. The summed E-state index contributed by atoms with van der Waals surface area (Å²) in [5.74, 6) is -0.127. The molecule has 2 rings (SSSR count). The summed E-state index contributed by atoms with van der Waals surface area (Å²) < 4.78 is 11.2. The summed E-state index contributed by atoms with van der Waals surface area (Å²) in [4.78, 5) is 17.7. The van der Waals surface area contributed by atoms with E-state index in [0.29, 0.717) is 12.8 Å². The monoisotopic (exact) mass is 268 g/mol. The Morgan fingerprint density at radius 3 is 2.68 bits per heavy atom. The number of nitrogens with two attached hydrogens (primary N) is 1. The molecule has 1 saturated heterocycles. The predicted molar refractivity (Wildman–Crippen MR) is 66.8 cm³/mol. The maximum absolute atomic E-state index is 10.9. The number of anilines is 1. The predicted octanol–water partition coefficient (Wildman–Crippen LogP) is 1.30. The Morgan fingerprint density at radius 2 is 2.11 bits per heavy atom. The fourth-order valence-corrected chi connectivity index (χ4v) is 2.18. The van der Waals surface area contributed by atoms with Crippen molar-refractivity contribution in [2.24, 2.45) is 0 Å². The second-order valence-corrected chi connectivity index (χ2v) is 4.64. The molecule has 1 aromatic heterocycles. The normalized spacial score (nSPS) is 26.9. The van der Waals surface area contributed by atoms with Crippen molar-refractivity contribution in [2.75, 3.05) is 5.73 Å². The van der Waals surface area contributed by atoms with Crippen molar-refractivity contribution in [3.63, 3.8) is 0 Å². The van der Waals surface area contributed by atoms with Gasteiger partial charge in [0.25, 0.3) is 5.88 Å². The van der Waals surface area contributed by atoms with Gasteiger partial charge in [0, 0.05) is 12.8 Å². The molecule has 2 N–H and O–H groups in total. The molecule has 1 fully saturated rings. The molecule has 0 bridgehead atoms. The van der Waals surface area contributed by atoms with Gasteiger partial charge >= 0.3 is 5.69 Å². The standard InChI is InChI=1S/C11H16N4O4/c1-6-3-8(4-7(2)18-6)19-10-9(15(16)17)5-13-11(12)14-10/h5-8H,3-4H2,1-2H3,(H2,12,13,14). The van der Waals surface area contributed by atoms with Gasteiger partial charge in [0.05, 0.1) is 17.1 Å². The van der Waals surface area contributed by atoms with Gasteiger partial charge in [0.15, 0.2) is 0 Å². The molecule has 0 spiro atoms. The first-order valence-corrected chi connectivity index (χ1v) is 6.04. The molecule has 0 aliphatic carbocycles.